The molecule has 1 fully saturated rings. The minimum absolute atomic E-state index is 0.00541. The molecular weight excluding hydrogens is 591 g/mol. The third-order valence-electron chi connectivity index (χ3n) is 6.77. The fourth-order valence-corrected chi connectivity index (χ4v) is 7.30. The number of fused-ring (bicyclic) bond motifs is 1. The Morgan fingerprint density at radius 1 is 1.17 bits per heavy atom. The van der Waals surface area contributed by atoms with Gasteiger partial charge in [0.15, 0.2) is 15.6 Å². The Bertz CT molecular complexity index is 1440. The van der Waals surface area contributed by atoms with Crippen LogP contribution in [0.1, 0.15) is 69.6 Å². The van der Waals surface area contributed by atoms with E-state index in [-0.39, 0.29) is 29.4 Å². The van der Waals surface area contributed by atoms with E-state index in [2.05, 4.69) is 10.6 Å². The summed E-state index contributed by atoms with van der Waals surface area (Å²) < 4.78 is 76.9. The number of carbonyl (C=O) groups excluding carboxylic acids is 2. The molecule has 4 rings (SSSR count). The van der Waals surface area contributed by atoms with Gasteiger partial charge in [-0.05, 0) is 76.6 Å². The van der Waals surface area contributed by atoms with Crippen molar-refractivity contribution in [1.82, 2.24) is 10.2 Å². The maximum absolute atomic E-state index is 13.6. The maximum atomic E-state index is 13.6. The van der Waals surface area contributed by atoms with Crippen molar-refractivity contribution in [2.24, 2.45) is 0 Å². The predicted octanol–water partition coefficient (Wildman–Crippen LogP) is 6.03. The van der Waals surface area contributed by atoms with Crippen LogP contribution < -0.4 is 10.6 Å². The number of hydrogen-bond acceptors (Lipinski definition) is 7. The zero-order valence-corrected chi connectivity index (χ0v) is 24.2. The smallest absolute Gasteiger partial charge is 0.449 e. The average molecular weight is 622 g/mol. The first-order chi connectivity index (χ1) is 19.0. The lowest BCUT2D eigenvalue weighted by molar-refractivity contribution is -0.153. The van der Waals surface area contributed by atoms with E-state index in [4.69, 9.17) is 20.8 Å². The number of aryl methyl sites for hydroxylation is 1. The highest BCUT2D eigenvalue weighted by atomic mass is 35.5. The molecule has 2 aromatic rings. The lowest BCUT2D eigenvalue weighted by atomic mass is 9.94. The van der Waals surface area contributed by atoms with Crippen LogP contribution in [0.3, 0.4) is 0 Å². The van der Waals surface area contributed by atoms with Gasteiger partial charge in [-0.3, -0.25) is 0 Å². The van der Waals surface area contributed by atoms with Crippen molar-refractivity contribution >= 4 is 39.2 Å². The van der Waals surface area contributed by atoms with Crippen molar-refractivity contribution < 1.29 is 45.4 Å². The second-order valence-electron chi connectivity index (χ2n) is 11.0. The quantitative estimate of drug-likeness (QED) is 0.354. The van der Waals surface area contributed by atoms with Crippen LogP contribution in [0.5, 0.6) is 5.75 Å². The zero-order valence-electron chi connectivity index (χ0n) is 22.6. The topological polar surface area (TPSA) is 138 Å². The van der Waals surface area contributed by atoms with Gasteiger partial charge < -0.3 is 29.8 Å². The first kappa shape index (κ1) is 30.8. The van der Waals surface area contributed by atoms with Crippen molar-refractivity contribution in [2.75, 3.05) is 18.4 Å². The van der Waals surface area contributed by atoms with Gasteiger partial charge in [-0.2, -0.15) is 13.2 Å². The predicted molar refractivity (Wildman–Crippen MR) is 143 cm³/mol. The lowest BCUT2D eigenvalue weighted by Gasteiger charge is -2.34. The average Bonchev–Trinajstić information content (AvgIpc) is 3.31. The molecule has 1 aromatic heterocycles. The van der Waals surface area contributed by atoms with Gasteiger partial charge >= 0.3 is 18.3 Å². The number of ether oxygens (including phenoxy) is 1. The van der Waals surface area contributed by atoms with Gasteiger partial charge in [-0.15, -0.1) is 0 Å². The lowest BCUT2D eigenvalue weighted by Crippen LogP contribution is -2.47. The molecule has 0 spiro atoms. The molecule has 41 heavy (non-hydrogen) atoms. The van der Waals surface area contributed by atoms with Gasteiger partial charge in [0, 0.05) is 13.1 Å². The molecule has 1 aliphatic heterocycles. The monoisotopic (exact) mass is 621 g/mol. The number of nitrogens with zero attached hydrogens (tertiary/aromatic N) is 1. The van der Waals surface area contributed by atoms with E-state index in [0.717, 1.165) is 6.07 Å². The Morgan fingerprint density at radius 2 is 1.88 bits per heavy atom. The molecule has 15 heteroatoms. The van der Waals surface area contributed by atoms with Gasteiger partial charge in [0.05, 0.1) is 22.0 Å². The molecule has 2 heterocycles. The highest BCUT2D eigenvalue weighted by Gasteiger charge is 2.40. The number of rotatable bonds is 4. The number of furan rings is 1. The van der Waals surface area contributed by atoms with Crippen LogP contribution in [0.25, 0.3) is 0 Å². The summed E-state index contributed by atoms with van der Waals surface area (Å²) in [5, 5.41) is 14.4. The molecule has 0 unspecified atom stereocenters. The minimum atomic E-state index is -4.68. The SMILES string of the molecule is CC(C)(C)OC(=O)N1CCC[C@H](S(=O)(=O)c2c(Cl)ccc(NC(=O)N[C@H]3CCCc4cc(C(F)(F)F)oc43)c2O)C1. The molecule has 1 saturated heterocycles. The first-order valence-electron chi connectivity index (χ1n) is 13.0. The molecule has 226 valence electrons. The van der Waals surface area contributed by atoms with Gasteiger partial charge in [-0.25, -0.2) is 18.0 Å². The summed E-state index contributed by atoms with van der Waals surface area (Å²) in [6.07, 6.45) is -3.59. The summed E-state index contributed by atoms with van der Waals surface area (Å²) in [5.74, 6) is -1.97. The number of alkyl halides is 3. The number of benzene rings is 1. The van der Waals surface area contributed by atoms with Crippen molar-refractivity contribution in [1.29, 1.82) is 0 Å². The summed E-state index contributed by atoms with van der Waals surface area (Å²) in [5.41, 5.74) is -0.719. The Morgan fingerprint density at radius 3 is 2.54 bits per heavy atom. The number of anilines is 1. The first-order valence-corrected chi connectivity index (χ1v) is 14.9. The molecule has 1 aromatic carbocycles. The zero-order chi connectivity index (χ0) is 30.3. The maximum Gasteiger partial charge on any atom is 0.449 e. The van der Waals surface area contributed by atoms with Crippen molar-refractivity contribution in [3.05, 3.63) is 40.3 Å². The van der Waals surface area contributed by atoms with Gasteiger partial charge in [0.2, 0.25) is 5.76 Å². The van der Waals surface area contributed by atoms with Gasteiger partial charge in [0.1, 0.15) is 16.3 Å². The van der Waals surface area contributed by atoms with Gasteiger partial charge in [0.25, 0.3) is 0 Å². The highest BCUT2D eigenvalue weighted by molar-refractivity contribution is 7.92. The summed E-state index contributed by atoms with van der Waals surface area (Å²) in [7, 11) is -4.29. The fraction of sp³-hybridized carbons (Fsp3) is 0.538. The van der Waals surface area contributed by atoms with Gasteiger partial charge in [-0.1, -0.05) is 11.6 Å². The summed E-state index contributed by atoms with van der Waals surface area (Å²) >= 11 is 6.20. The highest BCUT2D eigenvalue weighted by Crippen LogP contribution is 2.41. The molecule has 3 N–H and O–H groups in total. The van der Waals surface area contributed by atoms with Crippen LogP contribution in [0, 0.1) is 0 Å². The number of phenols is 1. The van der Waals surface area contributed by atoms with Crippen LogP contribution in [-0.4, -0.2) is 54.5 Å². The molecular formula is C26H31ClF3N3O7S. The number of hydrogen-bond donors (Lipinski definition) is 3. The number of amides is 3. The Hall–Kier alpha value is -3.13. The number of halogens is 4. The second-order valence-corrected chi connectivity index (χ2v) is 13.6. The van der Waals surface area contributed by atoms with E-state index < -0.39 is 61.4 Å². The summed E-state index contributed by atoms with van der Waals surface area (Å²) in [6.45, 7) is 5.19. The van der Waals surface area contributed by atoms with Crippen LogP contribution in [0.4, 0.5) is 28.4 Å². The van der Waals surface area contributed by atoms with E-state index in [1.54, 1.807) is 20.8 Å². The summed E-state index contributed by atoms with van der Waals surface area (Å²) in [4.78, 5) is 26.0. The van der Waals surface area contributed by atoms with E-state index in [1.165, 1.54) is 17.0 Å². The van der Waals surface area contributed by atoms with Crippen molar-refractivity contribution in [3.63, 3.8) is 0 Å². The van der Waals surface area contributed by atoms with Crippen molar-refractivity contribution in [3.8, 4) is 5.75 Å². The van der Waals surface area contributed by atoms with E-state index >= 15 is 0 Å². The number of urea groups is 1. The fourth-order valence-electron chi connectivity index (χ4n) is 4.92. The third kappa shape index (κ3) is 6.85. The molecule has 10 nitrogen and oxygen atoms in total. The van der Waals surface area contributed by atoms with Crippen LogP contribution >= 0.6 is 11.6 Å². The number of likely N-dealkylation sites (tertiary alicyclic amines) is 1. The molecule has 2 atom stereocenters. The minimum Gasteiger partial charge on any atom is -0.504 e. The second kappa shape index (κ2) is 11.3. The molecule has 0 saturated carbocycles. The number of aromatic hydroxyl groups is 1. The molecule has 3 amide bonds. The number of phenolic OH excluding ortho intramolecular Hbond substituents is 1. The van der Waals surface area contributed by atoms with E-state index in [9.17, 15) is 36.3 Å². The van der Waals surface area contributed by atoms with Crippen LogP contribution in [0.15, 0.2) is 27.5 Å². The largest absolute Gasteiger partial charge is 0.504 e. The Balaban J connectivity index is 1.52. The Kier molecular flexibility index (Phi) is 8.47. The molecule has 2 aliphatic rings. The standard InChI is InChI=1S/C26H31ClF3N3O7S/c1-25(2,3)40-24(36)33-11-5-7-15(13-33)41(37,38)22-16(27)9-10-17(20(22)34)31-23(35)32-18-8-4-6-14-12-19(26(28,29)30)39-21(14)18/h9-10,12,15,18,34H,4-8,11,13H2,1-3H3,(H2,31,32,35)/t15-,18-/m0/s1. The van der Waals surface area contributed by atoms with E-state index in [1.807, 2.05) is 0 Å². The number of nitrogens with one attached hydrogen (secondary N) is 2. The van der Waals surface area contributed by atoms with Crippen LogP contribution in [0.2, 0.25) is 5.02 Å². The van der Waals surface area contributed by atoms with Crippen LogP contribution in [-0.2, 0) is 27.2 Å². The molecule has 1 aliphatic carbocycles. The Labute approximate surface area is 240 Å². The number of sulfone groups is 1. The molecule has 0 bridgehead atoms. The van der Waals surface area contributed by atoms with Crippen molar-refractivity contribution in [2.45, 2.75) is 80.8 Å². The normalized spacial score (nSPS) is 19.8. The number of carbonyl (C=O) groups is 2. The summed E-state index contributed by atoms with van der Waals surface area (Å²) in [6, 6.07) is 1.54. The third-order valence-corrected chi connectivity index (χ3v) is 9.44. The molecule has 0 radical (unpaired) electrons. The number of piperidine rings is 1. The van der Waals surface area contributed by atoms with E-state index in [0.29, 0.717) is 37.8 Å².